The molecule has 0 bridgehead atoms. The smallest absolute Gasteiger partial charge is 0.272 e. The predicted molar refractivity (Wildman–Crippen MR) is 16.0 cm³/mol. The van der Waals surface area contributed by atoms with Gasteiger partial charge in [-0.3, -0.25) is 15.3 Å². The molecule has 0 heterocycles. The molecule has 3 N–H and O–H groups in total. The summed E-state index contributed by atoms with van der Waals surface area (Å²) in [6.45, 7) is 5.73. The van der Waals surface area contributed by atoms with E-state index in [1.54, 1.807) is 0 Å². The molecule has 4 heteroatoms. The van der Waals surface area contributed by atoms with Gasteiger partial charge in [-0.1, -0.05) is 0 Å². The van der Waals surface area contributed by atoms with Gasteiger partial charge in [0.2, 0.25) is 0 Å². The first kappa shape index (κ1) is 5.37. The molecule has 0 spiro atoms. The van der Waals surface area contributed by atoms with Crippen LogP contribution in [0.25, 0.3) is 4.85 Å². The van der Waals surface area contributed by atoms with Crippen molar-refractivity contribution in [1.82, 2.24) is 0 Å². The fourth-order valence-corrected chi connectivity index (χ4v) is 0. The SMILES string of the molecule is [C-]#[N+]C(O)(O)O. The topological polar surface area (TPSA) is 65.0 Å². The maximum absolute atomic E-state index is 7.58. The Labute approximate surface area is 34.1 Å². The van der Waals surface area contributed by atoms with Gasteiger partial charge in [0.25, 0.3) is 0 Å². The summed E-state index contributed by atoms with van der Waals surface area (Å²) in [6.07, 6.45) is -3.17. The van der Waals surface area contributed by atoms with Gasteiger partial charge in [-0.2, -0.15) is 0 Å². The number of rotatable bonds is 0. The molecule has 6 heavy (non-hydrogen) atoms. The molecule has 0 aliphatic carbocycles. The standard InChI is InChI=1S/C2H3NO3/c1-3-2(4,5)6/h4-6H. The van der Waals surface area contributed by atoms with Crippen LogP contribution < -0.4 is 0 Å². The summed E-state index contributed by atoms with van der Waals surface area (Å²) in [4.78, 5) is 1.94. The molecule has 0 rings (SSSR count). The van der Waals surface area contributed by atoms with E-state index in [9.17, 15) is 0 Å². The molecule has 0 saturated heterocycles. The van der Waals surface area contributed by atoms with Crippen molar-refractivity contribution < 1.29 is 15.3 Å². The van der Waals surface area contributed by atoms with Crippen LogP contribution in [0.1, 0.15) is 0 Å². The first-order valence-electron chi connectivity index (χ1n) is 1.12. The zero-order chi connectivity index (χ0) is 5.21. The highest BCUT2D eigenvalue weighted by atomic mass is 16.7. The zero-order valence-corrected chi connectivity index (χ0v) is 2.79. The molecule has 0 saturated carbocycles. The molecule has 0 atom stereocenters. The molecule has 0 fully saturated rings. The number of hydrogen-bond donors (Lipinski definition) is 3. The summed E-state index contributed by atoms with van der Waals surface area (Å²) in [5, 5.41) is 22.8. The average Bonchev–Trinajstić information content (AvgIpc) is 1.35. The fraction of sp³-hybridized carbons (Fsp3) is 0.500. The minimum atomic E-state index is -3.17. The van der Waals surface area contributed by atoms with Crippen LogP contribution >= 0.6 is 0 Å². The Morgan fingerprint density at radius 3 is 1.50 bits per heavy atom. The van der Waals surface area contributed by atoms with Crippen LogP contribution in [0.5, 0.6) is 0 Å². The molecular weight excluding hydrogens is 86.0 g/mol. The third-order valence-electron chi connectivity index (χ3n) is 0.150. The maximum Gasteiger partial charge on any atom is 0.587 e. The van der Waals surface area contributed by atoms with Gasteiger partial charge in [-0.25, -0.2) is 11.4 Å². The van der Waals surface area contributed by atoms with Gasteiger partial charge in [0.05, 0.1) is 0 Å². The summed E-state index contributed by atoms with van der Waals surface area (Å²) in [7, 11) is 0. The quantitative estimate of drug-likeness (QED) is 0.250. The normalized spacial score (nSPS) is 10.3. The summed E-state index contributed by atoms with van der Waals surface area (Å²) in [6, 6.07) is 0. The molecular formula is C2H3NO3. The van der Waals surface area contributed by atoms with Crippen molar-refractivity contribution in [2.45, 2.75) is 6.10 Å². The van der Waals surface area contributed by atoms with E-state index in [1.807, 2.05) is 4.85 Å². The van der Waals surface area contributed by atoms with Crippen molar-refractivity contribution in [2.75, 3.05) is 0 Å². The molecule has 0 aromatic carbocycles. The lowest BCUT2D eigenvalue weighted by atomic mass is 11.0. The Morgan fingerprint density at radius 2 is 1.50 bits per heavy atom. The first-order valence-corrected chi connectivity index (χ1v) is 1.12. The van der Waals surface area contributed by atoms with Crippen molar-refractivity contribution >= 4 is 0 Å². The summed E-state index contributed by atoms with van der Waals surface area (Å²) >= 11 is 0. The van der Waals surface area contributed by atoms with Gasteiger partial charge in [-0.15, -0.1) is 0 Å². The molecule has 0 aliphatic heterocycles. The molecule has 0 amide bonds. The zero-order valence-electron chi connectivity index (χ0n) is 2.79. The lowest BCUT2D eigenvalue weighted by Crippen LogP contribution is -2.20. The minimum Gasteiger partial charge on any atom is -0.272 e. The number of aliphatic hydroxyl groups is 3. The average molecular weight is 89.0 g/mol. The second kappa shape index (κ2) is 1.22. The molecule has 0 radical (unpaired) electrons. The first-order chi connectivity index (χ1) is 2.56. The van der Waals surface area contributed by atoms with Crippen LogP contribution in [0.15, 0.2) is 0 Å². The van der Waals surface area contributed by atoms with Crippen LogP contribution in [0, 0.1) is 6.57 Å². The van der Waals surface area contributed by atoms with Crippen molar-refractivity contribution in [3.05, 3.63) is 11.4 Å². The highest BCUT2D eigenvalue weighted by Gasteiger charge is 2.22. The lowest BCUT2D eigenvalue weighted by Gasteiger charge is -1.91. The lowest BCUT2D eigenvalue weighted by molar-refractivity contribution is -0.275. The van der Waals surface area contributed by atoms with E-state index in [0.717, 1.165) is 0 Å². The van der Waals surface area contributed by atoms with E-state index in [1.165, 1.54) is 0 Å². The molecule has 34 valence electrons. The van der Waals surface area contributed by atoms with Crippen LogP contribution in [-0.2, 0) is 0 Å². The van der Waals surface area contributed by atoms with Crippen LogP contribution in [-0.4, -0.2) is 21.4 Å². The van der Waals surface area contributed by atoms with E-state index < -0.39 is 6.10 Å². The second-order valence-corrected chi connectivity index (χ2v) is 0.712. The predicted octanol–water partition coefficient (Wildman–Crippen LogP) is -1.51. The van der Waals surface area contributed by atoms with Crippen molar-refractivity contribution in [1.29, 1.82) is 0 Å². The Morgan fingerprint density at radius 1 is 1.33 bits per heavy atom. The highest BCUT2D eigenvalue weighted by molar-refractivity contribution is 4.57. The van der Waals surface area contributed by atoms with Crippen LogP contribution in [0.2, 0.25) is 0 Å². The third-order valence-corrected chi connectivity index (χ3v) is 0.150. The maximum atomic E-state index is 7.58. The largest absolute Gasteiger partial charge is 0.587 e. The van der Waals surface area contributed by atoms with Crippen molar-refractivity contribution in [2.24, 2.45) is 0 Å². The molecule has 0 aliphatic rings. The van der Waals surface area contributed by atoms with Crippen molar-refractivity contribution in [3.8, 4) is 0 Å². The molecule has 0 unspecified atom stereocenters. The molecule has 0 aromatic rings. The van der Waals surface area contributed by atoms with Gasteiger partial charge in [0.1, 0.15) is 0 Å². The molecule has 4 nitrogen and oxygen atoms in total. The highest BCUT2D eigenvalue weighted by Crippen LogP contribution is 1.89. The van der Waals surface area contributed by atoms with Gasteiger partial charge in [0, 0.05) is 0 Å². The Kier molecular flexibility index (Phi) is 1.09. The second-order valence-electron chi connectivity index (χ2n) is 0.712. The molecule has 0 aromatic heterocycles. The minimum absolute atomic E-state index is 1.94. The monoisotopic (exact) mass is 89.0 g/mol. The van der Waals surface area contributed by atoms with Gasteiger partial charge >= 0.3 is 6.10 Å². The van der Waals surface area contributed by atoms with Gasteiger partial charge in [0.15, 0.2) is 0 Å². The van der Waals surface area contributed by atoms with Gasteiger partial charge < -0.3 is 0 Å². The van der Waals surface area contributed by atoms with Crippen LogP contribution in [0.3, 0.4) is 0 Å². The van der Waals surface area contributed by atoms with E-state index in [2.05, 4.69) is 0 Å². The summed E-state index contributed by atoms with van der Waals surface area (Å²) in [5.41, 5.74) is 0. The Hall–Kier alpha value is -0.630. The number of nitrogens with zero attached hydrogens (tertiary/aromatic N) is 1. The van der Waals surface area contributed by atoms with Gasteiger partial charge in [-0.05, 0) is 0 Å². The number of hydrogen-bond acceptors (Lipinski definition) is 3. The Balaban J connectivity index is 3.55. The summed E-state index contributed by atoms with van der Waals surface area (Å²) in [5.74, 6) is 0. The van der Waals surface area contributed by atoms with Crippen LogP contribution in [0.4, 0.5) is 0 Å². The Bertz CT molecular complexity index is 75.8. The van der Waals surface area contributed by atoms with Crippen molar-refractivity contribution in [3.63, 3.8) is 0 Å². The third kappa shape index (κ3) is 3.37. The summed E-state index contributed by atoms with van der Waals surface area (Å²) < 4.78 is 0. The fourth-order valence-electron chi connectivity index (χ4n) is 0. The van der Waals surface area contributed by atoms with E-state index in [0.29, 0.717) is 0 Å². The van der Waals surface area contributed by atoms with E-state index >= 15 is 0 Å². The van der Waals surface area contributed by atoms with E-state index in [4.69, 9.17) is 21.9 Å². The van der Waals surface area contributed by atoms with E-state index in [-0.39, 0.29) is 0 Å².